The topological polar surface area (TPSA) is 36.3 Å². The molecule has 1 saturated heterocycles. The van der Waals surface area contributed by atoms with E-state index in [-0.39, 0.29) is 5.41 Å². The maximum Gasteiger partial charge on any atom is 0.116 e. The van der Waals surface area contributed by atoms with E-state index in [2.05, 4.69) is 49.2 Å². The number of nitriles is 1. The molecule has 1 fully saturated rings. The van der Waals surface area contributed by atoms with Crippen molar-refractivity contribution in [3.05, 3.63) is 35.4 Å². The predicted octanol–water partition coefficient (Wildman–Crippen LogP) is 1.97. The van der Waals surface area contributed by atoms with Gasteiger partial charge in [0.05, 0.1) is 19.3 Å². The average molecular weight is 230 g/mol. The Morgan fingerprint density at radius 3 is 2.76 bits per heavy atom. The number of hydrogen-bond donors (Lipinski definition) is 0. The van der Waals surface area contributed by atoms with E-state index in [9.17, 15) is 0 Å². The zero-order valence-corrected chi connectivity index (χ0v) is 10.4. The molecule has 1 heterocycles. The Labute approximate surface area is 103 Å². The third-order valence-corrected chi connectivity index (χ3v) is 3.10. The van der Waals surface area contributed by atoms with E-state index >= 15 is 0 Å². The van der Waals surface area contributed by atoms with Gasteiger partial charge >= 0.3 is 0 Å². The molecule has 3 heteroatoms. The summed E-state index contributed by atoms with van der Waals surface area (Å²) >= 11 is 0. The molecular formula is C14H18N2O. The van der Waals surface area contributed by atoms with Gasteiger partial charge in [-0.25, -0.2) is 0 Å². The second kappa shape index (κ2) is 4.87. The van der Waals surface area contributed by atoms with Crippen LogP contribution in [0.5, 0.6) is 0 Å². The fourth-order valence-corrected chi connectivity index (χ4v) is 2.23. The number of rotatable bonds is 4. The first-order valence-corrected chi connectivity index (χ1v) is 5.87. The van der Waals surface area contributed by atoms with E-state index in [1.54, 1.807) is 0 Å². The van der Waals surface area contributed by atoms with Crippen LogP contribution in [0, 0.1) is 23.7 Å². The van der Waals surface area contributed by atoms with Crippen molar-refractivity contribution in [1.82, 2.24) is 4.90 Å². The first-order valence-electron chi connectivity index (χ1n) is 5.87. The van der Waals surface area contributed by atoms with Crippen molar-refractivity contribution in [3.8, 4) is 6.07 Å². The first-order chi connectivity index (χ1) is 8.13. The smallest absolute Gasteiger partial charge is 0.116 e. The van der Waals surface area contributed by atoms with Gasteiger partial charge in [0.15, 0.2) is 0 Å². The third kappa shape index (κ3) is 2.85. The van der Waals surface area contributed by atoms with Crippen molar-refractivity contribution in [2.45, 2.75) is 13.5 Å². The number of hydrogen-bond acceptors (Lipinski definition) is 3. The molecule has 0 N–H and O–H groups in total. The molecule has 0 radical (unpaired) electrons. The monoisotopic (exact) mass is 230 g/mol. The Kier molecular flexibility index (Phi) is 3.46. The van der Waals surface area contributed by atoms with Crippen LogP contribution in [0.2, 0.25) is 0 Å². The van der Waals surface area contributed by atoms with Crippen LogP contribution < -0.4 is 0 Å². The van der Waals surface area contributed by atoms with Gasteiger partial charge in [0.1, 0.15) is 5.41 Å². The SMILES string of the molecule is Cc1cccc(CN(C)CC2(C#N)COC2)c1. The van der Waals surface area contributed by atoms with Gasteiger partial charge in [0, 0.05) is 13.1 Å². The molecule has 1 aromatic carbocycles. The van der Waals surface area contributed by atoms with Crippen molar-refractivity contribution in [2.75, 3.05) is 26.8 Å². The number of benzene rings is 1. The van der Waals surface area contributed by atoms with Crippen LogP contribution in [0.4, 0.5) is 0 Å². The van der Waals surface area contributed by atoms with Crippen molar-refractivity contribution < 1.29 is 4.74 Å². The highest BCUT2D eigenvalue weighted by molar-refractivity contribution is 5.22. The molecule has 0 spiro atoms. The normalized spacial score (nSPS) is 17.5. The van der Waals surface area contributed by atoms with Gasteiger partial charge in [-0.15, -0.1) is 0 Å². The summed E-state index contributed by atoms with van der Waals surface area (Å²) in [5.74, 6) is 0. The molecule has 0 bridgehead atoms. The van der Waals surface area contributed by atoms with Gasteiger partial charge in [0.2, 0.25) is 0 Å². The molecule has 0 amide bonds. The molecule has 1 aliphatic rings. The van der Waals surface area contributed by atoms with Crippen LogP contribution in [0.15, 0.2) is 24.3 Å². The minimum Gasteiger partial charge on any atom is -0.378 e. The quantitative estimate of drug-likeness (QED) is 0.793. The molecular weight excluding hydrogens is 212 g/mol. The summed E-state index contributed by atoms with van der Waals surface area (Å²) in [4.78, 5) is 2.19. The third-order valence-electron chi connectivity index (χ3n) is 3.10. The van der Waals surface area contributed by atoms with Gasteiger partial charge in [-0.1, -0.05) is 29.8 Å². The van der Waals surface area contributed by atoms with E-state index in [0.29, 0.717) is 13.2 Å². The minimum absolute atomic E-state index is 0.279. The van der Waals surface area contributed by atoms with Crippen molar-refractivity contribution in [3.63, 3.8) is 0 Å². The molecule has 0 saturated carbocycles. The lowest BCUT2D eigenvalue weighted by Gasteiger charge is -2.38. The summed E-state index contributed by atoms with van der Waals surface area (Å²) < 4.78 is 5.15. The molecule has 90 valence electrons. The number of nitrogens with zero attached hydrogens (tertiary/aromatic N) is 2. The highest BCUT2D eigenvalue weighted by Gasteiger charge is 2.39. The lowest BCUT2D eigenvalue weighted by Crippen LogP contribution is -2.48. The van der Waals surface area contributed by atoms with Gasteiger partial charge in [0.25, 0.3) is 0 Å². The molecule has 1 aromatic rings. The number of aryl methyl sites for hydroxylation is 1. The number of ether oxygens (including phenoxy) is 1. The largest absolute Gasteiger partial charge is 0.378 e. The highest BCUT2D eigenvalue weighted by Crippen LogP contribution is 2.27. The van der Waals surface area contributed by atoms with Crippen LogP contribution in [0.3, 0.4) is 0 Å². The van der Waals surface area contributed by atoms with Gasteiger partial charge < -0.3 is 9.64 Å². The van der Waals surface area contributed by atoms with Crippen LogP contribution in [-0.2, 0) is 11.3 Å². The Balaban J connectivity index is 1.93. The first kappa shape index (κ1) is 12.1. The molecule has 17 heavy (non-hydrogen) atoms. The lowest BCUT2D eigenvalue weighted by molar-refractivity contribution is -0.0895. The van der Waals surface area contributed by atoms with Gasteiger partial charge in [-0.05, 0) is 19.5 Å². The second-order valence-corrected chi connectivity index (χ2v) is 5.05. The standard InChI is InChI=1S/C14H18N2O/c1-12-4-3-5-13(6-12)7-16(2)9-14(8-15)10-17-11-14/h3-6H,7,9-11H2,1-2H3. The van der Waals surface area contributed by atoms with Gasteiger partial charge in [-0.2, -0.15) is 5.26 Å². The lowest BCUT2D eigenvalue weighted by atomic mass is 9.87. The zero-order valence-electron chi connectivity index (χ0n) is 10.4. The summed E-state index contributed by atoms with van der Waals surface area (Å²) in [6.45, 7) is 4.89. The summed E-state index contributed by atoms with van der Waals surface area (Å²) in [6.07, 6.45) is 0. The average Bonchev–Trinajstić information content (AvgIpc) is 2.23. The molecule has 0 aliphatic carbocycles. The predicted molar refractivity (Wildman–Crippen MR) is 66.4 cm³/mol. The molecule has 2 rings (SSSR count). The Hall–Kier alpha value is -1.37. The molecule has 0 aromatic heterocycles. The van der Waals surface area contributed by atoms with Crippen LogP contribution >= 0.6 is 0 Å². The van der Waals surface area contributed by atoms with E-state index in [4.69, 9.17) is 10.00 Å². The Morgan fingerprint density at radius 2 is 2.24 bits per heavy atom. The second-order valence-electron chi connectivity index (χ2n) is 5.05. The summed E-state index contributed by atoms with van der Waals surface area (Å²) in [5, 5.41) is 9.14. The summed E-state index contributed by atoms with van der Waals surface area (Å²) in [5.41, 5.74) is 2.29. The highest BCUT2D eigenvalue weighted by atomic mass is 16.5. The fourth-order valence-electron chi connectivity index (χ4n) is 2.23. The maximum absolute atomic E-state index is 9.14. The van der Waals surface area contributed by atoms with Crippen LogP contribution in [-0.4, -0.2) is 31.7 Å². The minimum atomic E-state index is -0.279. The molecule has 0 unspecified atom stereocenters. The van der Waals surface area contributed by atoms with Crippen LogP contribution in [0.1, 0.15) is 11.1 Å². The van der Waals surface area contributed by atoms with Crippen molar-refractivity contribution >= 4 is 0 Å². The Bertz CT molecular complexity index is 432. The summed E-state index contributed by atoms with van der Waals surface area (Å²) in [7, 11) is 2.06. The molecule has 1 aliphatic heterocycles. The van der Waals surface area contributed by atoms with E-state index in [0.717, 1.165) is 13.1 Å². The molecule has 0 atom stereocenters. The van der Waals surface area contributed by atoms with Crippen molar-refractivity contribution in [1.29, 1.82) is 5.26 Å². The van der Waals surface area contributed by atoms with E-state index < -0.39 is 0 Å². The van der Waals surface area contributed by atoms with E-state index in [1.807, 2.05) is 0 Å². The van der Waals surface area contributed by atoms with Gasteiger partial charge in [-0.3, -0.25) is 0 Å². The zero-order chi connectivity index (χ0) is 12.3. The Morgan fingerprint density at radius 1 is 1.47 bits per heavy atom. The van der Waals surface area contributed by atoms with Crippen LogP contribution in [0.25, 0.3) is 0 Å². The van der Waals surface area contributed by atoms with Crippen molar-refractivity contribution in [2.24, 2.45) is 5.41 Å². The maximum atomic E-state index is 9.14. The fraction of sp³-hybridized carbons (Fsp3) is 0.500. The molecule has 3 nitrogen and oxygen atoms in total. The summed E-state index contributed by atoms with van der Waals surface area (Å²) in [6, 6.07) is 10.9. The van der Waals surface area contributed by atoms with E-state index in [1.165, 1.54) is 11.1 Å².